The molecular weight excluding hydrogens is 337 g/mol. The molecule has 0 radical (unpaired) electrons. The van der Waals surface area contributed by atoms with Gasteiger partial charge in [-0.05, 0) is 18.2 Å². The summed E-state index contributed by atoms with van der Waals surface area (Å²) in [6.07, 6.45) is 2.93. The fraction of sp³-hybridized carbons (Fsp3) is 0.182. The standard InChI is InChI=1S/C11H11BrFN3O2S/c1-15-7-9(6-14-15)16(2)19(17,18)11-4-3-8(12)5-10(11)13/h3-7H,1-2H3. The highest BCUT2D eigenvalue weighted by atomic mass is 79.9. The van der Waals surface area contributed by atoms with Gasteiger partial charge in [-0.25, -0.2) is 12.8 Å². The molecule has 8 heteroatoms. The van der Waals surface area contributed by atoms with Gasteiger partial charge >= 0.3 is 0 Å². The number of hydrogen-bond donors (Lipinski definition) is 0. The maximum Gasteiger partial charge on any atom is 0.267 e. The molecule has 0 amide bonds. The number of anilines is 1. The number of benzene rings is 1. The largest absolute Gasteiger partial charge is 0.274 e. The van der Waals surface area contributed by atoms with Crippen molar-refractivity contribution in [3.05, 3.63) is 40.9 Å². The van der Waals surface area contributed by atoms with E-state index in [1.54, 1.807) is 7.05 Å². The van der Waals surface area contributed by atoms with Crippen molar-refractivity contribution in [1.82, 2.24) is 9.78 Å². The summed E-state index contributed by atoms with van der Waals surface area (Å²) in [4.78, 5) is -0.373. The van der Waals surface area contributed by atoms with Gasteiger partial charge in [-0.1, -0.05) is 15.9 Å². The summed E-state index contributed by atoms with van der Waals surface area (Å²) < 4.78 is 41.3. The van der Waals surface area contributed by atoms with Crippen LogP contribution < -0.4 is 4.31 Å². The zero-order valence-corrected chi connectivity index (χ0v) is 12.6. The number of aryl methyl sites for hydroxylation is 1. The van der Waals surface area contributed by atoms with Crippen molar-refractivity contribution >= 4 is 31.6 Å². The Hall–Kier alpha value is -1.41. The van der Waals surface area contributed by atoms with E-state index < -0.39 is 15.8 Å². The maximum absolute atomic E-state index is 13.8. The Bertz CT molecular complexity index is 714. The number of sulfonamides is 1. The molecular formula is C11H11BrFN3O2S. The van der Waals surface area contributed by atoms with Crippen molar-refractivity contribution in [2.75, 3.05) is 11.4 Å². The molecule has 2 aromatic rings. The van der Waals surface area contributed by atoms with Crippen molar-refractivity contribution in [3.63, 3.8) is 0 Å². The SMILES string of the molecule is CN(c1cnn(C)c1)S(=O)(=O)c1ccc(Br)cc1F. The first-order valence-corrected chi connectivity index (χ1v) is 7.48. The van der Waals surface area contributed by atoms with Crippen LogP contribution in [0.15, 0.2) is 40.0 Å². The van der Waals surface area contributed by atoms with Gasteiger partial charge in [-0.15, -0.1) is 0 Å². The second-order valence-electron chi connectivity index (χ2n) is 3.92. The van der Waals surface area contributed by atoms with Crippen LogP contribution in [0.1, 0.15) is 0 Å². The second-order valence-corrected chi connectivity index (χ2v) is 6.77. The van der Waals surface area contributed by atoms with Crippen LogP contribution in [-0.4, -0.2) is 25.2 Å². The quantitative estimate of drug-likeness (QED) is 0.854. The third-order valence-corrected chi connectivity index (χ3v) is 4.90. The minimum Gasteiger partial charge on any atom is -0.274 e. The van der Waals surface area contributed by atoms with Crippen molar-refractivity contribution in [2.45, 2.75) is 4.90 Å². The molecule has 5 nitrogen and oxygen atoms in total. The van der Waals surface area contributed by atoms with E-state index in [0.29, 0.717) is 10.2 Å². The molecule has 0 spiro atoms. The lowest BCUT2D eigenvalue weighted by molar-refractivity contribution is 0.565. The second kappa shape index (κ2) is 4.93. The number of aromatic nitrogens is 2. The number of rotatable bonds is 3. The molecule has 102 valence electrons. The van der Waals surface area contributed by atoms with Crippen LogP contribution in [-0.2, 0) is 17.1 Å². The van der Waals surface area contributed by atoms with Gasteiger partial charge in [0.2, 0.25) is 0 Å². The Labute approximate surface area is 118 Å². The Morgan fingerprint density at radius 2 is 2.11 bits per heavy atom. The molecule has 0 N–H and O–H groups in total. The zero-order valence-electron chi connectivity index (χ0n) is 10.2. The van der Waals surface area contributed by atoms with Crippen molar-refractivity contribution < 1.29 is 12.8 Å². The Balaban J connectivity index is 2.47. The van der Waals surface area contributed by atoms with Crippen LogP contribution >= 0.6 is 15.9 Å². The van der Waals surface area contributed by atoms with E-state index in [0.717, 1.165) is 10.4 Å². The number of nitrogens with zero attached hydrogens (tertiary/aromatic N) is 3. The lowest BCUT2D eigenvalue weighted by Gasteiger charge is -2.17. The van der Waals surface area contributed by atoms with E-state index in [-0.39, 0.29) is 4.90 Å². The van der Waals surface area contributed by atoms with Crippen molar-refractivity contribution in [2.24, 2.45) is 7.05 Å². The molecule has 0 saturated carbocycles. The normalized spacial score (nSPS) is 11.6. The first kappa shape index (κ1) is 14.0. The highest BCUT2D eigenvalue weighted by Gasteiger charge is 2.25. The monoisotopic (exact) mass is 347 g/mol. The Morgan fingerprint density at radius 1 is 1.42 bits per heavy atom. The van der Waals surface area contributed by atoms with E-state index in [2.05, 4.69) is 21.0 Å². The summed E-state index contributed by atoms with van der Waals surface area (Å²) in [6.45, 7) is 0. The minimum absolute atomic E-state index is 0.366. The average molecular weight is 348 g/mol. The molecule has 1 aromatic carbocycles. The first-order valence-electron chi connectivity index (χ1n) is 5.25. The molecule has 2 rings (SSSR count). The van der Waals surface area contributed by atoms with Gasteiger partial charge in [-0.2, -0.15) is 5.10 Å². The summed E-state index contributed by atoms with van der Waals surface area (Å²) in [6, 6.07) is 3.82. The zero-order chi connectivity index (χ0) is 14.2. The fourth-order valence-corrected chi connectivity index (χ4v) is 3.09. The van der Waals surface area contributed by atoms with E-state index in [4.69, 9.17) is 0 Å². The van der Waals surface area contributed by atoms with Gasteiger partial charge in [0.05, 0.1) is 11.9 Å². The van der Waals surface area contributed by atoms with E-state index >= 15 is 0 Å². The van der Waals surface area contributed by atoms with E-state index in [1.807, 2.05) is 0 Å². The molecule has 0 bridgehead atoms. The average Bonchev–Trinajstić information content (AvgIpc) is 2.74. The predicted molar refractivity (Wildman–Crippen MR) is 72.9 cm³/mol. The first-order chi connectivity index (χ1) is 8.82. The Kier molecular flexibility index (Phi) is 3.64. The molecule has 0 aliphatic carbocycles. The van der Waals surface area contributed by atoms with Gasteiger partial charge in [0.1, 0.15) is 10.7 Å². The highest BCUT2D eigenvalue weighted by molar-refractivity contribution is 9.10. The number of halogens is 2. The van der Waals surface area contributed by atoms with Crippen LogP contribution in [0, 0.1) is 5.82 Å². The molecule has 0 aliphatic heterocycles. The molecule has 0 fully saturated rings. The molecule has 0 atom stereocenters. The third-order valence-electron chi connectivity index (χ3n) is 2.59. The fourth-order valence-electron chi connectivity index (χ4n) is 1.54. The molecule has 0 saturated heterocycles. The topological polar surface area (TPSA) is 55.2 Å². The van der Waals surface area contributed by atoms with Crippen LogP contribution in [0.5, 0.6) is 0 Å². The van der Waals surface area contributed by atoms with Gasteiger partial charge in [0.15, 0.2) is 0 Å². The van der Waals surface area contributed by atoms with Gasteiger partial charge in [0, 0.05) is 24.8 Å². The summed E-state index contributed by atoms with van der Waals surface area (Å²) in [5, 5.41) is 3.89. The minimum atomic E-state index is -3.94. The summed E-state index contributed by atoms with van der Waals surface area (Å²) in [5.74, 6) is -0.801. The maximum atomic E-state index is 13.8. The van der Waals surface area contributed by atoms with Crippen molar-refractivity contribution in [3.8, 4) is 0 Å². The summed E-state index contributed by atoms with van der Waals surface area (Å²) in [7, 11) is -0.916. The Morgan fingerprint density at radius 3 is 2.63 bits per heavy atom. The summed E-state index contributed by atoms with van der Waals surface area (Å²) >= 11 is 3.09. The van der Waals surface area contributed by atoms with Crippen LogP contribution in [0.4, 0.5) is 10.1 Å². The van der Waals surface area contributed by atoms with Crippen LogP contribution in [0.25, 0.3) is 0 Å². The lowest BCUT2D eigenvalue weighted by atomic mass is 10.3. The van der Waals surface area contributed by atoms with Gasteiger partial charge < -0.3 is 0 Å². The summed E-state index contributed by atoms with van der Waals surface area (Å²) in [5.41, 5.74) is 0.366. The van der Waals surface area contributed by atoms with Gasteiger partial charge in [-0.3, -0.25) is 8.99 Å². The number of hydrogen-bond acceptors (Lipinski definition) is 3. The molecule has 1 aromatic heterocycles. The molecule has 0 unspecified atom stereocenters. The molecule has 0 aliphatic rings. The third kappa shape index (κ3) is 2.64. The van der Waals surface area contributed by atoms with E-state index in [1.165, 1.54) is 36.3 Å². The molecule has 19 heavy (non-hydrogen) atoms. The van der Waals surface area contributed by atoms with Crippen LogP contribution in [0.2, 0.25) is 0 Å². The van der Waals surface area contributed by atoms with Crippen LogP contribution in [0.3, 0.4) is 0 Å². The van der Waals surface area contributed by atoms with Gasteiger partial charge in [0.25, 0.3) is 10.0 Å². The smallest absolute Gasteiger partial charge is 0.267 e. The molecule has 1 heterocycles. The lowest BCUT2D eigenvalue weighted by Crippen LogP contribution is -2.27. The van der Waals surface area contributed by atoms with E-state index in [9.17, 15) is 12.8 Å². The highest BCUT2D eigenvalue weighted by Crippen LogP contribution is 2.25. The predicted octanol–water partition coefficient (Wildman–Crippen LogP) is 2.15. The van der Waals surface area contributed by atoms with Crippen molar-refractivity contribution in [1.29, 1.82) is 0 Å².